The van der Waals surface area contributed by atoms with Crippen molar-refractivity contribution in [2.24, 2.45) is 0 Å². The highest BCUT2D eigenvalue weighted by molar-refractivity contribution is 6.68. The van der Waals surface area contributed by atoms with Gasteiger partial charge in [0, 0.05) is 12.1 Å². The molecule has 0 saturated heterocycles. The zero-order chi connectivity index (χ0) is 16.6. The zero-order valence-corrected chi connectivity index (χ0v) is 15.2. The number of halogens is 3. The number of hydrogen-bond acceptors (Lipinski definition) is 2. The van der Waals surface area contributed by atoms with Crippen molar-refractivity contribution in [2.45, 2.75) is 55.9 Å². The molecule has 0 aliphatic carbocycles. The molecule has 1 unspecified atom stereocenters. The molecule has 3 nitrogen and oxygen atoms in total. The molecule has 1 aromatic rings. The van der Waals surface area contributed by atoms with Gasteiger partial charge in [-0.2, -0.15) is 0 Å². The summed E-state index contributed by atoms with van der Waals surface area (Å²) in [4.78, 5) is 12.0. The first kappa shape index (κ1) is 19.4. The number of benzene rings is 1. The Hall–Kier alpha value is -0.640. The van der Waals surface area contributed by atoms with Crippen LogP contribution in [0.2, 0.25) is 0 Å². The van der Waals surface area contributed by atoms with Gasteiger partial charge in [-0.1, -0.05) is 79.2 Å². The van der Waals surface area contributed by atoms with E-state index in [2.05, 4.69) is 17.6 Å². The number of aryl methyl sites for hydroxylation is 1. The fourth-order valence-corrected chi connectivity index (χ4v) is 2.36. The van der Waals surface area contributed by atoms with Gasteiger partial charge in [-0.05, 0) is 25.0 Å². The second-order valence-electron chi connectivity index (χ2n) is 5.31. The van der Waals surface area contributed by atoms with Gasteiger partial charge in [0.05, 0.1) is 0 Å². The van der Waals surface area contributed by atoms with E-state index in [1.807, 2.05) is 31.2 Å². The maximum absolute atomic E-state index is 12.0. The van der Waals surface area contributed by atoms with Gasteiger partial charge in [0.25, 0.3) is 0 Å². The summed E-state index contributed by atoms with van der Waals surface area (Å²) < 4.78 is -1.64. The van der Waals surface area contributed by atoms with Crippen molar-refractivity contribution in [3.8, 4) is 0 Å². The van der Waals surface area contributed by atoms with E-state index in [0.29, 0.717) is 6.42 Å². The predicted octanol–water partition coefficient (Wildman–Crippen LogP) is 5.19. The highest BCUT2D eigenvalue weighted by Crippen LogP contribution is 2.31. The van der Waals surface area contributed by atoms with E-state index >= 15 is 0 Å². The van der Waals surface area contributed by atoms with Crippen LogP contribution in [0.1, 0.15) is 44.6 Å². The molecule has 0 saturated carbocycles. The molecule has 0 fully saturated rings. The van der Waals surface area contributed by atoms with Crippen LogP contribution in [-0.2, 0) is 4.79 Å². The molecule has 0 radical (unpaired) electrons. The van der Waals surface area contributed by atoms with Gasteiger partial charge < -0.3 is 10.6 Å². The van der Waals surface area contributed by atoms with Crippen LogP contribution in [0.25, 0.3) is 0 Å². The van der Waals surface area contributed by atoms with Crippen LogP contribution in [0, 0.1) is 6.92 Å². The highest BCUT2D eigenvalue weighted by Gasteiger charge is 2.34. The van der Waals surface area contributed by atoms with Crippen molar-refractivity contribution >= 4 is 46.4 Å². The lowest BCUT2D eigenvalue weighted by Crippen LogP contribution is -2.49. The summed E-state index contributed by atoms with van der Waals surface area (Å²) in [5.74, 6) is -0.117. The summed E-state index contributed by atoms with van der Waals surface area (Å²) in [5, 5.41) is 5.86. The molecule has 1 aromatic carbocycles. The van der Waals surface area contributed by atoms with Gasteiger partial charge in [0.2, 0.25) is 9.70 Å². The van der Waals surface area contributed by atoms with Crippen molar-refractivity contribution in [1.29, 1.82) is 0 Å². The van der Waals surface area contributed by atoms with Crippen molar-refractivity contribution in [3.63, 3.8) is 0 Å². The van der Waals surface area contributed by atoms with Crippen molar-refractivity contribution in [3.05, 3.63) is 29.8 Å². The van der Waals surface area contributed by atoms with Crippen LogP contribution >= 0.6 is 34.8 Å². The van der Waals surface area contributed by atoms with Gasteiger partial charge in [-0.15, -0.1) is 0 Å². The van der Waals surface area contributed by atoms with Crippen LogP contribution in [-0.4, -0.2) is 15.9 Å². The normalized spacial score (nSPS) is 12.8. The molecule has 1 rings (SSSR count). The molecule has 22 heavy (non-hydrogen) atoms. The molecule has 2 N–H and O–H groups in total. The minimum Gasteiger partial charge on any atom is -0.362 e. The molecular formula is C16H23Cl3N2O. The predicted molar refractivity (Wildman–Crippen MR) is 95.8 cm³/mol. The lowest BCUT2D eigenvalue weighted by molar-refractivity contribution is -0.121. The molecule has 1 amide bonds. The number of para-hydroxylation sites is 1. The van der Waals surface area contributed by atoms with Crippen LogP contribution in [0.4, 0.5) is 5.69 Å². The van der Waals surface area contributed by atoms with Gasteiger partial charge in [0.1, 0.15) is 6.17 Å². The van der Waals surface area contributed by atoms with Gasteiger partial charge in [0.15, 0.2) is 0 Å². The maximum atomic E-state index is 12.0. The Morgan fingerprint density at radius 1 is 1.18 bits per heavy atom. The van der Waals surface area contributed by atoms with Crippen LogP contribution in [0.5, 0.6) is 0 Å². The average molecular weight is 366 g/mol. The third-order valence-electron chi connectivity index (χ3n) is 3.33. The number of nitrogens with one attached hydrogen (secondary N) is 2. The summed E-state index contributed by atoms with van der Waals surface area (Å²) in [6.07, 6.45) is 3.80. The highest BCUT2D eigenvalue weighted by atomic mass is 35.6. The summed E-state index contributed by atoms with van der Waals surface area (Å²) in [6, 6.07) is 7.64. The van der Waals surface area contributed by atoms with E-state index < -0.39 is 9.96 Å². The molecule has 0 heterocycles. The monoisotopic (exact) mass is 364 g/mol. The molecule has 0 spiro atoms. The summed E-state index contributed by atoms with van der Waals surface area (Å²) in [5.41, 5.74) is 1.84. The molecular weight excluding hydrogens is 343 g/mol. The number of unbranched alkanes of at least 4 members (excludes halogenated alkanes) is 3. The van der Waals surface area contributed by atoms with Crippen molar-refractivity contribution < 1.29 is 4.79 Å². The first-order chi connectivity index (χ1) is 10.3. The fraction of sp³-hybridized carbons (Fsp3) is 0.562. The SMILES string of the molecule is CCCCCCC(=O)NC(Nc1ccccc1C)C(Cl)(Cl)Cl. The number of hydrogen-bond donors (Lipinski definition) is 2. The van der Waals surface area contributed by atoms with Gasteiger partial charge >= 0.3 is 0 Å². The summed E-state index contributed by atoms with van der Waals surface area (Å²) >= 11 is 17.9. The number of rotatable bonds is 8. The number of amides is 1. The number of carbonyl (C=O) groups is 1. The number of alkyl halides is 3. The Morgan fingerprint density at radius 2 is 1.86 bits per heavy atom. The Bertz CT molecular complexity index is 475. The lowest BCUT2D eigenvalue weighted by atomic mass is 10.1. The third-order valence-corrected chi connectivity index (χ3v) is 3.99. The first-order valence-corrected chi connectivity index (χ1v) is 8.66. The second kappa shape index (κ2) is 9.49. The van der Waals surface area contributed by atoms with E-state index in [4.69, 9.17) is 34.8 Å². The van der Waals surface area contributed by atoms with Gasteiger partial charge in [-0.3, -0.25) is 4.79 Å². The molecule has 0 aliphatic rings. The minimum atomic E-state index is -1.64. The number of anilines is 1. The van der Waals surface area contributed by atoms with Crippen LogP contribution in [0.15, 0.2) is 24.3 Å². The van der Waals surface area contributed by atoms with E-state index in [-0.39, 0.29) is 5.91 Å². The molecule has 6 heteroatoms. The fourth-order valence-electron chi connectivity index (χ4n) is 2.04. The topological polar surface area (TPSA) is 41.1 Å². The van der Waals surface area contributed by atoms with Gasteiger partial charge in [-0.25, -0.2) is 0 Å². The molecule has 0 aliphatic heterocycles. The summed E-state index contributed by atoms with van der Waals surface area (Å²) in [7, 11) is 0. The molecule has 124 valence electrons. The lowest BCUT2D eigenvalue weighted by Gasteiger charge is -2.28. The average Bonchev–Trinajstić information content (AvgIpc) is 2.44. The zero-order valence-electron chi connectivity index (χ0n) is 13.0. The summed E-state index contributed by atoms with van der Waals surface area (Å²) in [6.45, 7) is 4.08. The van der Waals surface area contributed by atoms with Crippen LogP contribution < -0.4 is 10.6 Å². The molecule has 0 aromatic heterocycles. The molecule has 0 bridgehead atoms. The maximum Gasteiger partial charge on any atom is 0.228 e. The Balaban J connectivity index is 2.62. The van der Waals surface area contributed by atoms with E-state index in [1.165, 1.54) is 0 Å². The smallest absolute Gasteiger partial charge is 0.228 e. The largest absolute Gasteiger partial charge is 0.362 e. The standard InChI is InChI=1S/C16H23Cl3N2O/c1-3-4-5-6-11-14(22)21-15(16(17,18)19)20-13-10-8-7-9-12(13)2/h7-10,15,20H,3-6,11H2,1-2H3,(H,21,22). The quantitative estimate of drug-likeness (QED) is 0.378. The Morgan fingerprint density at radius 3 is 2.45 bits per heavy atom. The Labute approximate surface area is 147 Å². The Kier molecular flexibility index (Phi) is 8.37. The van der Waals surface area contributed by atoms with Crippen LogP contribution in [0.3, 0.4) is 0 Å². The first-order valence-electron chi connectivity index (χ1n) is 7.53. The van der Waals surface area contributed by atoms with E-state index in [0.717, 1.165) is 36.9 Å². The van der Waals surface area contributed by atoms with Crippen molar-refractivity contribution in [2.75, 3.05) is 5.32 Å². The van der Waals surface area contributed by atoms with E-state index in [9.17, 15) is 4.79 Å². The molecule has 1 atom stereocenters. The van der Waals surface area contributed by atoms with E-state index in [1.54, 1.807) is 0 Å². The number of carbonyl (C=O) groups excluding carboxylic acids is 1. The second-order valence-corrected chi connectivity index (χ2v) is 7.68. The third kappa shape index (κ3) is 7.08. The minimum absolute atomic E-state index is 0.117. The van der Waals surface area contributed by atoms with Crippen molar-refractivity contribution in [1.82, 2.24) is 5.32 Å².